The highest BCUT2D eigenvalue weighted by atomic mass is 32.2. The minimum atomic E-state index is -4.22. The van der Waals surface area contributed by atoms with E-state index in [1.165, 1.54) is 24.3 Å². The van der Waals surface area contributed by atoms with Gasteiger partial charge < -0.3 is 20.0 Å². The molecule has 5 aromatic rings. The van der Waals surface area contributed by atoms with Crippen molar-refractivity contribution < 1.29 is 32.2 Å². The van der Waals surface area contributed by atoms with Crippen molar-refractivity contribution in [3.8, 4) is 5.88 Å². The molecule has 210 valence electrons. The Morgan fingerprint density at radius 3 is 2.44 bits per heavy atom. The molecule has 5 rings (SSSR count). The quantitative estimate of drug-likeness (QED) is 0.0731. The summed E-state index contributed by atoms with van der Waals surface area (Å²) in [7, 11) is -4.22. The molecule has 0 radical (unpaired) electrons. The SMILES string of the molecule is O=C(CSc1nc(Nc2ccccc2)c2ccccc2n1)OCCCOc1no[n+]([O-])c1S(=O)(=O)c1ccccc1. The summed E-state index contributed by atoms with van der Waals surface area (Å²) in [6.45, 7) is -0.0820. The third-order valence-electron chi connectivity index (χ3n) is 5.58. The third-order valence-corrected chi connectivity index (χ3v) is 8.13. The van der Waals surface area contributed by atoms with Crippen molar-refractivity contribution in [3.63, 3.8) is 0 Å². The van der Waals surface area contributed by atoms with E-state index >= 15 is 0 Å². The zero-order chi connectivity index (χ0) is 28.7. The molecule has 0 aliphatic carbocycles. The maximum Gasteiger partial charge on any atom is 0.414 e. The zero-order valence-electron chi connectivity index (χ0n) is 21.4. The fourth-order valence-corrected chi connectivity index (χ4v) is 5.64. The number of esters is 1. The van der Waals surface area contributed by atoms with Crippen molar-refractivity contribution in [2.24, 2.45) is 0 Å². The van der Waals surface area contributed by atoms with E-state index in [0.29, 0.717) is 11.0 Å². The number of thioether (sulfide) groups is 1. The molecule has 0 spiro atoms. The van der Waals surface area contributed by atoms with Crippen LogP contribution in [0.25, 0.3) is 10.9 Å². The first-order valence-electron chi connectivity index (χ1n) is 12.3. The molecule has 1 N–H and O–H groups in total. The van der Waals surface area contributed by atoms with Crippen LogP contribution in [0, 0.1) is 5.21 Å². The van der Waals surface area contributed by atoms with E-state index in [-0.39, 0.29) is 35.2 Å². The first-order valence-corrected chi connectivity index (χ1v) is 14.8. The van der Waals surface area contributed by atoms with Gasteiger partial charge in [0.05, 0.1) is 34.5 Å². The monoisotopic (exact) mass is 593 g/mol. The minimum Gasteiger partial charge on any atom is -0.465 e. The van der Waals surface area contributed by atoms with Crippen LogP contribution in [0.15, 0.2) is 105 Å². The normalized spacial score (nSPS) is 11.3. The van der Waals surface area contributed by atoms with Crippen LogP contribution in [0.4, 0.5) is 11.5 Å². The first kappa shape index (κ1) is 27.9. The number of nitrogens with one attached hydrogen (secondary N) is 1. The molecule has 0 fully saturated rings. The Balaban J connectivity index is 1.13. The Hall–Kier alpha value is -4.69. The number of aromatic nitrogens is 4. The molecule has 0 aliphatic heterocycles. The van der Waals surface area contributed by atoms with Crippen LogP contribution < -0.4 is 15.0 Å². The van der Waals surface area contributed by atoms with Crippen LogP contribution in [-0.4, -0.2) is 48.5 Å². The molecule has 0 atom stereocenters. The number of sulfone groups is 1. The largest absolute Gasteiger partial charge is 0.465 e. The summed E-state index contributed by atoms with van der Waals surface area (Å²) in [5, 5.41) is 19.2. The number of hydrogen-bond donors (Lipinski definition) is 1. The second-order valence-electron chi connectivity index (χ2n) is 8.43. The number of anilines is 2. The number of ether oxygens (including phenoxy) is 2. The molecule has 41 heavy (non-hydrogen) atoms. The molecule has 3 aromatic carbocycles. The summed E-state index contributed by atoms with van der Waals surface area (Å²) < 4.78 is 40.6. The van der Waals surface area contributed by atoms with Crippen LogP contribution in [0.5, 0.6) is 5.88 Å². The highest BCUT2D eigenvalue weighted by Crippen LogP contribution is 2.27. The number of fused-ring (bicyclic) bond motifs is 1. The van der Waals surface area contributed by atoms with E-state index in [2.05, 4.69) is 25.1 Å². The summed E-state index contributed by atoms with van der Waals surface area (Å²) in [5.41, 5.74) is 1.60. The molecule has 2 aromatic heterocycles. The van der Waals surface area contributed by atoms with Crippen LogP contribution in [0.3, 0.4) is 0 Å². The summed E-state index contributed by atoms with van der Waals surface area (Å²) in [6.07, 6.45) is 0.213. The van der Waals surface area contributed by atoms with Gasteiger partial charge in [-0.25, -0.2) is 18.4 Å². The molecular formula is C27H23N5O7S2. The number of nitrogens with zero attached hydrogens (tertiary/aromatic N) is 4. The Morgan fingerprint density at radius 1 is 0.951 bits per heavy atom. The molecule has 0 saturated carbocycles. The lowest BCUT2D eigenvalue weighted by Crippen LogP contribution is -2.31. The smallest absolute Gasteiger partial charge is 0.414 e. The Kier molecular flexibility index (Phi) is 8.60. The van der Waals surface area contributed by atoms with Gasteiger partial charge in [-0.2, -0.15) is 0 Å². The lowest BCUT2D eigenvalue weighted by Gasteiger charge is -2.10. The topological polar surface area (TPSA) is 160 Å². The lowest BCUT2D eigenvalue weighted by atomic mass is 10.2. The number of rotatable bonds is 12. The summed E-state index contributed by atoms with van der Waals surface area (Å²) in [6, 6.07) is 24.5. The van der Waals surface area contributed by atoms with Crippen molar-refractivity contribution in [3.05, 3.63) is 90.1 Å². The number of benzene rings is 3. The Bertz CT molecular complexity index is 1750. The molecule has 0 bridgehead atoms. The predicted molar refractivity (Wildman–Crippen MR) is 148 cm³/mol. The van der Waals surface area contributed by atoms with Crippen LogP contribution in [-0.2, 0) is 19.4 Å². The van der Waals surface area contributed by atoms with E-state index in [9.17, 15) is 18.4 Å². The summed E-state index contributed by atoms with van der Waals surface area (Å²) in [4.78, 5) is 21.1. The van der Waals surface area contributed by atoms with Crippen molar-refractivity contribution in [2.45, 2.75) is 21.5 Å². The standard InChI is InChI=1S/C27H23N5O7S2/c33-23(18-40-27-29-22-15-8-7-14-21(22)24(30-27)28-19-10-3-1-4-11-19)37-16-9-17-38-25-26(32(34)39-31-25)41(35,36)20-12-5-2-6-13-20/h1-8,10-15H,9,16-18H2,(H,28,29,30). The number of carbonyl (C=O) groups is 1. The maximum atomic E-state index is 12.8. The second kappa shape index (κ2) is 12.7. The molecule has 0 saturated heterocycles. The van der Waals surface area contributed by atoms with Gasteiger partial charge in [-0.15, -0.1) is 0 Å². The van der Waals surface area contributed by atoms with Crippen molar-refractivity contribution in [2.75, 3.05) is 24.3 Å². The lowest BCUT2D eigenvalue weighted by molar-refractivity contribution is -0.832. The summed E-state index contributed by atoms with van der Waals surface area (Å²) in [5.74, 6) is -0.367. The molecule has 0 aliphatic rings. The number of carbonyl (C=O) groups excluding carboxylic acids is 1. The van der Waals surface area contributed by atoms with Gasteiger partial charge in [0.2, 0.25) is 0 Å². The van der Waals surface area contributed by atoms with Gasteiger partial charge in [-0.05, 0) is 41.3 Å². The van der Waals surface area contributed by atoms with E-state index in [0.717, 1.165) is 28.4 Å². The maximum absolute atomic E-state index is 12.8. The average Bonchev–Trinajstić information content (AvgIpc) is 3.37. The van der Waals surface area contributed by atoms with Crippen LogP contribution in [0.2, 0.25) is 0 Å². The van der Waals surface area contributed by atoms with E-state index in [1.807, 2.05) is 54.6 Å². The third kappa shape index (κ3) is 6.73. The molecule has 0 amide bonds. The van der Waals surface area contributed by atoms with Gasteiger partial charge in [0.15, 0.2) is 5.16 Å². The molecular weight excluding hydrogens is 570 g/mol. The highest BCUT2D eigenvalue weighted by molar-refractivity contribution is 7.99. The van der Waals surface area contributed by atoms with E-state index in [4.69, 9.17) is 9.47 Å². The zero-order valence-corrected chi connectivity index (χ0v) is 23.0. The number of hydrogen-bond acceptors (Lipinski definition) is 12. The minimum absolute atomic E-state index is 0.00518. The van der Waals surface area contributed by atoms with Crippen molar-refractivity contribution >= 4 is 50.0 Å². The second-order valence-corrected chi connectivity index (χ2v) is 11.2. The van der Waals surface area contributed by atoms with Gasteiger partial charge >= 0.3 is 16.9 Å². The van der Waals surface area contributed by atoms with Gasteiger partial charge in [0.1, 0.15) is 5.82 Å². The van der Waals surface area contributed by atoms with Crippen molar-refractivity contribution in [1.82, 2.24) is 15.1 Å². The first-order chi connectivity index (χ1) is 19.9. The van der Waals surface area contributed by atoms with Gasteiger partial charge in [-0.3, -0.25) is 9.42 Å². The van der Waals surface area contributed by atoms with Crippen LogP contribution >= 0.6 is 11.8 Å². The fraction of sp³-hybridized carbons (Fsp3) is 0.148. The Labute approximate surface area is 238 Å². The van der Waals surface area contributed by atoms with Gasteiger partial charge in [0.25, 0.3) is 9.84 Å². The van der Waals surface area contributed by atoms with Crippen LogP contribution in [0.1, 0.15) is 6.42 Å². The summed E-state index contributed by atoms with van der Waals surface area (Å²) >= 11 is 1.14. The van der Waals surface area contributed by atoms with Crippen molar-refractivity contribution in [1.29, 1.82) is 0 Å². The molecule has 12 nitrogen and oxygen atoms in total. The Morgan fingerprint density at radius 2 is 1.66 bits per heavy atom. The highest BCUT2D eigenvalue weighted by Gasteiger charge is 2.35. The van der Waals surface area contributed by atoms with E-state index < -0.39 is 26.7 Å². The average molecular weight is 594 g/mol. The van der Waals surface area contributed by atoms with Gasteiger partial charge in [-0.1, -0.05) is 60.3 Å². The molecule has 2 heterocycles. The van der Waals surface area contributed by atoms with E-state index in [1.54, 1.807) is 6.07 Å². The number of para-hydroxylation sites is 2. The fourth-order valence-electron chi connectivity index (χ4n) is 3.69. The van der Waals surface area contributed by atoms with Gasteiger partial charge in [0, 0.05) is 17.5 Å². The molecule has 14 heteroatoms. The predicted octanol–water partition coefficient (Wildman–Crippen LogP) is 3.93. The molecule has 0 unspecified atom stereocenters.